The molecule has 0 radical (unpaired) electrons. The molecule has 112 valence electrons. The van der Waals surface area contributed by atoms with E-state index in [0.717, 1.165) is 12.5 Å². The first-order valence-electron chi connectivity index (χ1n) is 6.37. The van der Waals surface area contributed by atoms with Crippen LogP contribution >= 0.6 is 11.6 Å². The van der Waals surface area contributed by atoms with E-state index >= 15 is 0 Å². The topological polar surface area (TPSA) is 37.8 Å². The van der Waals surface area contributed by atoms with Crippen molar-refractivity contribution in [2.75, 3.05) is 5.32 Å². The van der Waals surface area contributed by atoms with Crippen LogP contribution in [0.25, 0.3) is 0 Å². The highest BCUT2D eigenvalue weighted by molar-refractivity contribution is 6.30. The Hall–Kier alpha value is -1.82. The van der Waals surface area contributed by atoms with Crippen LogP contribution in [0.3, 0.4) is 0 Å². The second-order valence-corrected chi connectivity index (χ2v) is 4.89. The standard InChI is InChI=1S/C14H13ClF3N3/c1-3-4-11-20-13(15)7(2)14(21-11)19-10-6-8(16)5-9(17)12(10)18/h5-6H,3-4H2,1-2H3,(H,19,20,21). The van der Waals surface area contributed by atoms with Crippen LogP contribution in [0.4, 0.5) is 24.7 Å². The zero-order valence-electron chi connectivity index (χ0n) is 11.5. The zero-order valence-corrected chi connectivity index (χ0v) is 12.2. The van der Waals surface area contributed by atoms with Crippen LogP contribution in [0.1, 0.15) is 24.7 Å². The molecule has 0 bridgehead atoms. The minimum absolute atomic E-state index is 0.216. The molecule has 7 heteroatoms. The molecule has 0 aliphatic carbocycles. The lowest BCUT2D eigenvalue weighted by Crippen LogP contribution is -2.05. The molecule has 1 heterocycles. The lowest BCUT2D eigenvalue weighted by molar-refractivity contribution is 0.498. The molecule has 21 heavy (non-hydrogen) atoms. The SMILES string of the molecule is CCCc1nc(Cl)c(C)c(Nc2cc(F)cc(F)c2F)n1. The number of aryl methyl sites for hydroxylation is 1. The fraction of sp³-hybridized carbons (Fsp3) is 0.286. The van der Waals surface area contributed by atoms with Gasteiger partial charge < -0.3 is 5.32 Å². The molecule has 0 aliphatic heterocycles. The molecule has 0 saturated heterocycles. The van der Waals surface area contributed by atoms with Crippen LogP contribution in [-0.2, 0) is 6.42 Å². The summed E-state index contributed by atoms with van der Waals surface area (Å²) in [6, 6.07) is 1.33. The van der Waals surface area contributed by atoms with Gasteiger partial charge in [-0.05, 0) is 13.3 Å². The molecule has 0 unspecified atom stereocenters. The van der Waals surface area contributed by atoms with Crippen molar-refractivity contribution in [2.45, 2.75) is 26.7 Å². The van der Waals surface area contributed by atoms with E-state index in [0.29, 0.717) is 23.9 Å². The van der Waals surface area contributed by atoms with E-state index in [9.17, 15) is 13.2 Å². The summed E-state index contributed by atoms with van der Waals surface area (Å²) in [6.45, 7) is 3.58. The fourth-order valence-electron chi connectivity index (χ4n) is 1.76. The molecule has 2 aromatic rings. The fourth-order valence-corrected chi connectivity index (χ4v) is 1.95. The van der Waals surface area contributed by atoms with Crippen molar-refractivity contribution in [3.8, 4) is 0 Å². The summed E-state index contributed by atoms with van der Waals surface area (Å²) in [5.41, 5.74) is 0.133. The van der Waals surface area contributed by atoms with Crippen molar-refractivity contribution in [1.29, 1.82) is 0 Å². The molecule has 0 fully saturated rings. The van der Waals surface area contributed by atoms with Gasteiger partial charge in [-0.2, -0.15) is 0 Å². The number of benzene rings is 1. The van der Waals surface area contributed by atoms with Crippen molar-refractivity contribution >= 4 is 23.1 Å². The summed E-state index contributed by atoms with van der Waals surface area (Å²) in [6.07, 6.45) is 1.40. The summed E-state index contributed by atoms with van der Waals surface area (Å²) in [5.74, 6) is -2.63. The molecule has 2 rings (SSSR count). The van der Waals surface area contributed by atoms with Crippen LogP contribution in [0.5, 0.6) is 0 Å². The van der Waals surface area contributed by atoms with Crippen LogP contribution in [-0.4, -0.2) is 9.97 Å². The van der Waals surface area contributed by atoms with Crippen molar-refractivity contribution < 1.29 is 13.2 Å². The molecule has 0 saturated carbocycles. The van der Waals surface area contributed by atoms with E-state index < -0.39 is 17.5 Å². The number of anilines is 2. The average molecular weight is 316 g/mol. The first-order chi connectivity index (χ1) is 9.92. The second-order valence-electron chi connectivity index (χ2n) is 4.53. The highest BCUT2D eigenvalue weighted by Crippen LogP contribution is 2.27. The van der Waals surface area contributed by atoms with Crippen LogP contribution < -0.4 is 5.32 Å². The average Bonchev–Trinajstić information content (AvgIpc) is 2.41. The Kier molecular flexibility index (Phi) is 4.67. The molecular weight excluding hydrogens is 303 g/mol. The van der Waals surface area contributed by atoms with Crippen molar-refractivity contribution in [2.24, 2.45) is 0 Å². The monoisotopic (exact) mass is 315 g/mol. The van der Waals surface area contributed by atoms with Crippen LogP contribution in [0.2, 0.25) is 5.15 Å². The summed E-state index contributed by atoms with van der Waals surface area (Å²) < 4.78 is 40.1. The Morgan fingerprint density at radius 3 is 2.57 bits per heavy atom. The van der Waals surface area contributed by atoms with Gasteiger partial charge in [0.25, 0.3) is 0 Å². The normalized spacial score (nSPS) is 10.8. The molecule has 1 aromatic carbocycles. The van der Waals surface area contributed by atoms with Crippen molar-refractivity contribution in [3.63, 3.8) is 0 Å². The number of rotatable bonds is 4. The third-order valence-corrected chi connectivity index (χ3v) is 3.22. The van der Waals surface area contributed by atoms with E-state index in [1.54, 1.807) is 6.92 Å². The molecule has 0 aliphatic rings. The number of aromatic nitrogens is 2. The molecule has 3 nitrogen and oxygen atoms in total. The van der Waals surface area contributed by atoms with Crippen LogP contribution in [0, 0.1) is 24.4 Å². The number of nitrogens with zero attached hydrogens (tertiary/aromatic N) is 2. The van der Waals surface area contributed by atoms with Gasteiger partial charge in [0.05, 0.1) is 5.69 Å². The first-order valence-corrected chi connectivity index (χ1v) is 6.74. The highest BCUT2D eigenvalue weighted by atomic mass is 35.5. The van der Waals surface area contributed by atoms with Gasteiger partial charge in [0, 0.05) is 24.1 Å². The van der Waals surface area contributed by atoms with Crippen molar-refractivity contribution in [3.05, 3.63) is 46.1 Å². The Morgan fingerprint density at radius 2 is 1.90 bits per heavy atom. The number of nitrogens with one attached hydrogen (secondary N) is 1. The van der Waals surface area contributed by atoms with E-state index in [1.165, 1.54) is 0 Å². The van der Waals surface area contributed by atoms with Crippen LogP contribution in [0.15, 0.2) is 12.1 Å². The maximum atomic E-state index is 13.7. The lowest BCUT2D eigenvalue weighted by atomic mass is 10.2. The van der Waals surface area contributed by atoms with Gasteiger partial charge >= 0.3 is 0 Å². The van der Waals surface area contributed by atoms with E-state index in [-0.39, 0.29) is 16.7 Å². The summed E-state index contributed by atoms with van der Waals surface area (Å²) >= 11 is 5.99. The number of hydrogen-bond donors (Lipinski definition) is 1. The Labute approximate surface area is 125 Å². The quantitative estimate of drug-likeness (QED) is 0.664. The van der Waals surface area contributed by atoms with E-state index in [1.807, 2.05) is 6.92 Å². The Bertz CT molecular complexity index is 677. The predicted octanol–water partition coefficient (Wildman–Crippen LogP) is 4.55. The maximum Gasteiger partial charge on any atom is 0.182 e. The highest BCUT2D eigenvalue weighted by Gasteiger charge is 2.15. The van der Waals surface area contributed by atoms with Gasteiger partial charge in [-0.1, -0.05) is 18.5 Å². The summed E-state index contributed by atoms with van der Waals surface area (Å²) in [7, 11) is 0. The molecule has 1 N–H and O–H groups in total. The Balaban J connectivity index is 2.44. The van der Waals surface area contributed by atoms with Gasteiger partial charge in [-0.15, -0.1) is 0 Å². The van der Waals surface area contributed by atoms with Gasteiger partial charge in [0.2, 0.25) is 0 Å². The first kappa shape index (κ1) is 15.6. The van der Waals surface area contributed by atoms with Gasteiger partial charge in [-0.25, -0.2) is 23.1 Å². The Morgan fingerprint density at radius 1 is 1.19 bits per heavy atom. The van der Waals surface area contributed by atoms with Gasteiger partial charge in [-0.3, -0.25) is 0 Å². The van der Waals surface area contributed by atoms with Crippen molar-refractivity contribution in [1.82, 2.24) is 9.97 Å². The molecule has 0 atom stereocenters. The molecule has 0 spiro atoms. The largest absolute Gasteiger partial charge is 0.337 e. The predicted molar refractivity (Wildman–Crippen MR) is 75.4 cm³/mol. The maximum absolute atomic E-state index is 13.7. The van der Waals surface area contributed by atoms with Gasteiger partial charge in [0.15, 0.2) is 11.6 Å². The van der Waals surface area contributed by atoms with Gasteiger partial charge in [0.1, 0.15) is 22.6 Å². The number of hydrogen-bond acceptors (Lipinski definition) is 3. The number of halogens is 4. The molecular formula is C14H13ClF3N3. The summed E-state index contributed by atoms with van der Waals surface area (Å²) in [4.78, 5) is 8.30. The zero-order chi connectivity index (χ0) is 15.6. The third-order valence-electron chi connectivity index (χ3n) is 2.85. The minimum Gasteiger partial charge on any atom is -0.337 e. The van der Waals surface area contributed by atoms with E-state index in [2.05, 4.69) is 15.3 Å². The second kappa shape index (κ2) is 6.30. The lowest BCUT2D eigenvalue weighted by Gasteiger charge is -2.12. The van der Waals surface area contributed by atoms with E-state index in [4.69, 9.17) is 11.6 Å². The third kappa shape index (κ3) is 3.44. The molecule has 0 amide bonds. The molecule has 1 aromatic heterocycles. The minimum atomic E-state index is -1.27. The smallest absolute Gasteiger partial charge is 0.182 e. The summed E-state index contributed by atoms with van der Waals surface area (Å²) in [5, 5.41) is 2.79.